The van der Waals surface area contributed by atoms with E-state index in [1.165, 1.54) is 0 Å². The van der Waals surface area contributed by atoms with Gasteiger partial charge in [0.25, 0.3) is 0 Å². The zero-order valence-electron chi connectivity index (χ0n) is 8.46. The highest BCUT2D eigenvalue weighted by atomic mass is 16.4. The monoisotopic (exact) mass is 184 g/mol. The lowest BCUT2D eigenvalue weighted by atomic mass is 9.77. The van der Waals surface area contributed by atoms with Gasteiger partial charge >= 0.3 is 5.97 Å². The summed E-state index contributed by atoms with van der Waals surface area (Å²) in [5.41, 5.74) is -0.794. The Bertz CT molecular complexity index is 274. The molecule has 0 aliphatic heterocycles. The summed E-state index contributed by atoms with van der Waals surface area (Å²) in [5.74, 6) is -0.936. The van der Waals surface area contributed by atoms with Gasteiger partial charge in [0.1, 0.15) is 0 Å². The lowest BCUT2D eigenvalue weighted by molar-refractivity contribution is -0.134. The van der Waals surface area contributed by atoms with Gasteiger partial charge in [-0.05, 0) is 0 Å². The molecule has 74 valence electrons. The van der Waals surface area contributed by atoms with Crippen LogP contribution in [-0.4, -0.2) is 22.3 Å². The van der Waals surface area contributed by atoms with Crippen LogP contribution in [0.3, 0.4) is 0 Å². The van der Waals surface area contributed by atoms with E-state index < -0.39 is 22.9 Å². The van der Waals surface area contributed by atoms with Gasteiger partial charge in [-0.15, -0.1) is 0 Å². The minimum Gasteiger partial charge on any atom is -0.478 e. The molecule has 3 heteroatoms. The zero-order valence-corrected chi connectivity index (χ0v) is 8.46. The van der Waals surface area contributed by atoms with Gasteiger partial charge in [-0.25, -0.2) is 4.79 Å². The summed E-state index contributed by atoms with van der Waals surface area (Å²) in [6, 6.07) is 0. The number of aliphatic carboxylic acids is 1. The molecule has 0 saturated heterocycles. The molecule has 1 aliphatic rings. The number of hydrogen-bond donors (Lipinski definition) is 2. The Kier molecular flexibility index (Phi) is 2.03. The van der Waals surface area contributed by atoms with Crippen LogP contribution in [0.2, 0.25) is 0 Å². The van der Waals surface area contributed by atoms with Gasteiger partial charge < -0.3 is 10.2 Å². The molecule has 1 aliphatic carbocycles. The van der Waals surface area contributed by atoms with Crippen LogP contribution in [0.25, 0.3) is 0 Å². The average Bonchev–Trinajstić information content (AvgIpc) is 2.11. The van der Waals surface area contributed by atoms with Crippen LogP contribution in [0.5, 0.6) is 0 Å². The summed E-state index contributed by atoms with van der Waals surface area (Å²) >= 11 is 0. The summed E-state index contributed by atoms with van der Waals surface area (Å²) in [7, 11) is 0. The second-order valence-electron chi connectivity index (χ2n) is 4.81. The van der Waals surface area contributed by atoms with Crippen molar-refractivity contribution in [2.24, 2.45) is 10.8 Å². The Balaban J connectivity index is 3.17. The number of aliphatic hydroxyl groups excluding tert-OH is 1. The molecule has 13 heavy (non-hydrogen) atoms. The molecule has 0 unspecified atom stereocenters. The van der Waals surface area contributed by atoms with Crippen LogP contribution >= 0.6 is 0 Å². The molecular weight excluding hydrogens is 168 g/mol. The van der Waals surface area contributed by atoms with Crippen LogP contribution < -0.4 is 0 Å². The molecule has 0 amide bonds. The van der Waals surface area contributed by atoms with E-state index in [9.17, 15) is 9.90 Å². The second-order valence-corrected chi connectivity index (χ2v) is 4.81. The molecular formula is C10H16O3. The van der Waals surface area contributed by atoms with Crippen molar-refractivity contribution in [3.63, 3.8) is 0 Å². The summed E-state index contributed by atoms with van der Waals surface area (Å²) in [6.45, 7) is 7.20. The maximum atomic E-state index is 10.9. The van der Waals surface area contributed by atoms with Gasteiger partial charge in [0, 0.05) is 16.4 Å². The lowest BCUT2D eigenvalue weighted by Gasteiger charge is -2.31. The summed E-state index contributed by atoms with van der Waals surface area (Å²) in [4.78, 5) is 10.9. The highest BCUT2D eigenvalue weighted by molar-refractivity contribution is 5.89. The van der Waals surface area contributed by atoms with Crippen molar-refractivity contribution >= 4 is 5.97 Å². The van der Waals surface area contributed by atoms with Crippen LogP contribution in [0.15, 0.2) is 11.6 Å². The number of carboxylic acid groups (broad SMARTS) is 1. The Morgan fingerprint density at radius 1 is 1.38 bits per heavy atom. The minimum atomic E-state index is -0.936. The Morgan fingerprint density at radius 2 is 1.85 bits per heavy atom. The fourth-order valence-corrected chi connectivity index (χ4v) is 2.05. The van der Waals surface area contributed by atoms with Gasteiger partial charge in [-0.3, -0.25) is 0 Å². The molecule has 3 nitrogen and oxygen atoms in total. The van der Waals surface area contributed by atoms with E-state index in [2.05, 4.69) is 0 Å². The van der Waals surface area contributed by atoms with E-state index in [1.807, 2.05) is 13.8 Å². The van der Waals surface area contributed by atoms with Gasteiger partial charge in [-0.2, -0.15) is 0 Å². The first-order chi connectivity index (χ1) is 5.69. The van der Waals surface area contributed by atoms with Crippen molar-refractivity contribution in [2.45, 2.75) is 33.8 Å². The number of carbonyl (C=O) groups is 1. The zero-order chi connectivity index (χ0) is 10.4. The topological polar surface area (TPSA) is 57.5 Å². The molecule has 1 rings (SSSR count). The largest absolute Gasteiger partial charge is 0.478 e. The smallest absolute Gasteiger partial charge is 0.331 e. The maximum Gasteiger partial charge on any atom is 0.331 e. The number of hydrogen-bond acceptors (Lipinski definition) is 2. The highest BCUT2D eigenvalue weighted by Crippen LogP contribution is 2.47. The van der Waals surface area contributed by atoms with Gasteiger partial charge in [-0.1, -0.05) is 33.8 Å². The SMILES string of the molecule is CC1(C)C=C(C(=O)O)C(C)(C)[C@@H]1O. The molecule has 0 bridgehead atoms. The molecule has 0 fully saturated rings. The van der Waals surface area contributed by atoms with Crippen molar-refractivity contribution in [2.75, 3.05) is 0 Å². The van der Waals surface area contributed by atoms with Crippen LogP contribution in [0.4, 0.5) is 0 Å². The van der Waals surface area contributed by atoms with E-state index in [4.69, 9.17) is 5.11 Å². The number of carboxylic acids is 1. The third kappa shape index (κ3) is 1.37. The second kappa shape index (κ2) is 2.58. The molecule has 0 radical (unpaired) electrons. The van der Waals surface area contributed by atoms with E-state index in [-0.39, 0.29) is 0 Å². The fraction of sp³-hybridized carbons (Fsp3) is 0.700. The Labute approximate surface area is 78.1 Å². The van der Waals surface area contributed by atoms with Crippen molar-refractivity contribution in [1.29, 1.82) is 0 Å². The first-order valence-corrected chi connectivity index (χ1v) is 4.34. The number of aliphatic hydroxyl groups is 1. The predicted molar refractivity (Wildman–Crippen MR) is 49.3 cm³/mol. The van der Waals surface area contributed by atoms with Crippen molar-refractivity contribution in [1.82, 2.24) is 0 Å². The third-order valence-corrected chi connectivity index (χ3v) is 2.83. The molecule has 0 saturated carbocycles. The molecule has 0 aromatic rings. The lowest BCUT2D eigenvalue weighted by Crippen LogP contribution is -2.36. The average molecular weight is 184 g/mol. The van der Waals surface area contributed by atoms with Gasteiger partial charge in [0.05, 0.1) is 6.10 Å². The van der Waals surface area contributed by atoms with Gasteiger partial charge in [0.2, 0.25) is 0 Å². The van der Waals surface area contributed by atoms with E-state index in [0.29, 0.717) is 5.57 Å². The van der Waals surface area contributed by atoms with Crippen molar-refractivity contribution < 1.29 is 15.0 Å². The first-order valence-electron chi connectivity index (χ1n) is 4.34. The molecule has 0 spiro atoms. The maximum absolute atomic E-state index is 10.9. The summed E-state index contributed by atoms with van der Waals surface area (Å²) in [6.07, 6.45) is 1.02. The molecule has 0 aromatic heterocycles. The predicted octanol–water partition coefficient (Wildman–Crippen LogP) is 1.42. The Hall–Kier alpha value is -0.830. The Morgan fingerprint density at radius 3 is 2.00 bits per heavy atom. The first kappa shape index (κ1) is 10.3. The van der Waals surface area contributed by atoms with E-state index >= 15 is 0 Å². The normalized spacial score (nSPS) is 29.9. The third-order valence-electron chi connectivity index (χ3n) is 2.83. The molecule has 0 heterocycles. The van der Waals surface area contributed by atoms with Crippen LogP contribution in [0.1, 0.15) is 27.7 Å². The van der Waals surface area contributed by atoms with E-state index in [1.54, 1.807) is 19.9 Å². The van der Waals surface area contributed by atoms with Crippen molar-refractivity contribution in [3.05, 3.63) is 11.6 Å². The van der Waals surface area contributed by atoms with Crippen LogP contribution in [0, 0.1) is 10.8 Å². The molecule has 0 aromatic carbocycles. The van der Waals surface area contributed by atoms with E-state index in [0.717, 1.165) is 0 Å². The fourth-order valence-electron chi connectivity index (χ4n) is 2.05. The summed E-state index contributed by atoms with van der Waals surface area (Å²) in [5, 5.41) is 18.8. The number of rotatable bonds is 1. The van der Waals surface area contributed by atoms with Gasteiger partial charge in [0.15, 0.2) is 0 Å². The quantitative estimate of drug-likeness (QED) is 0.648. The summed E-state index contributed by atoms with van der Waals surface area (Å²) < 4.78 is 0. The highest BCUT2D eigenvalue weighted by Gasteiger charge is 2.49. The standard InChI is InChI=1S/C10H16O3/c1-9(2)5-6(7(11)12)10(3,4)8(9)13/h5,8,13H,1-4H3,(H,11,12)/t8-/m1/s1. The van der Waals surface area contributed by atoms with Crippen molar-refractivity contribution in [3.8, 4) is 0 Å². The molecule has 2 N–H and O–H groups in total. The molecule has 1 atom stereocenters. The van der Waals surface area contributed by atoms with Crippen LogP contribution in [-0.2, 0) is 4.79 Å². The minimum absolute atomic E-state index is 0.310.